The van der Waals surface area contributed by atoms with Gasteiger partial charge in [0.25, 0.3) is 5.91 Å². The molecule has 3 N–H and O–H groups in total. The topological polar surface area (TPSA) is 108 Å². The Morgan fingerprint density at radius 3 is 2.11 bits per heavy atom. The molecule has 1 amide bonds. The molecule has 9 heteroatoms. The zero-order valence-corrected chi connectivity index (χ0v) is 26.3. The molecule has 222 valence electrons. The number of aliphatic hydroxyl groups is 2. The highest BCUT2D eigenvalue weighted by atomic mass is 31.2. The van der Waals surface area contributed by atoms with Gasteiger partial charge in [-0.3, -0.25) is 4.79 Å². The molecule has 0 aromatic carbocycles. The second-order valence-electron chi connectivity index (χ2n) is 11.4. The molecule has 0 radical (unpaired) electrons. The lowest BCUT2D eigenvalue weighted by Crippen LogP contribution is -2.54. The molecule has 0 aliphatic heterocycles. The predicted molar refractivity (Wildman–Crippen MR) is 158 cm³/mol. The van der Waals surface area contributed by atoms with Gasteiger partial charge in [0.1, 0.15) is 24.2 Å². The molecular formula is C29H57N3O5P+. The summed E-state index contributed by atoms with van der Waals surface area (Å²) >= 11 is 0. The van der Waals surface area contributed by atoms with E-state index in [1.165, 1.54) is 64.1 Å². The van der Waals surface area contributed by atoms with E-state index in [0.29, 0.717) is 12.3 Å². The quantitative estimate of drug-likeness (QED) is 0.184. The third-order valence-corrected chi connectivity index (χ3v) is 12.3. The minimum atomic E-state index is -1.55. The minimum Gasteiger partial charge on any atom is -0.448 e. The number of aromatic nitrogens is 1. The standard InChI is InChI=1S/C29H56N3O5P/c1-9-12-15-38(16-13-10-2,17-14-11-3)21-24-19-37-29(31-24)22(4)18-23(5)30-28(35)27(34)26(33)25(20-36-8)32(6)7/h19,22-23,25-27,33-34H,9-18,20-21H2,1-8H3/p+1/t22-,23+,25-,26-,27-/m0/s1. The summed E-state index contributed by atoms with van der Waals surface area (Å²) in [6.07, 6.45) is 12.3. The van der Waals surface area contributed by atoms with Gasteiger partial charge in [-0.2, -0.15) is 0 Å². The maximum absolute atomic E-state index is 12.6. The molecule has 1 aromatic rings. The summed E-state index contributed by atoms with van der Waals surface area (Å²) in [7, 11) is 3.96. The monoisotopic (exact) mass is 558 g/mol. The smallest absolute Gasteiger partial charge is 0.251 e. The summed E-state index contributed by atoms with van der Waals surface area (Å²) in [6.45, 7) is 11.0. The third kappa shape index (κ3) is 11.6. The maximum Gasteiger partial charge on any atom is 0.251 e. The minimum absolute atomic E-state index is 0.0128. The van der Waals surface area contributed by atoms with Crippen molar-refractivity contribution in [3.63, 3.8) is 0 Å². The van der Waals surface area contributed by atoms with Crippen molar-refractivity contribution in [1.29, 1.82) is 0 Å². The molecule has 0 fully saturated rings. The summed E-state index contributed by atoms with van der Waals surface area (Å²) in [4.78, 5) is 19.3. The van der Waals surface area contributed by atoms with Gasteiger partial charge in [-0.25, -0.2) is 4.98 Å². The highest BCUT2D eigenvalue weighted by Gasteiger charge is 2.37. The summed E-state index contributed by atoms with van der Waals surface area (Å²) < 4.78 is 11.1. The van der Waals surface area contributed by atoms with Crippen LogP contribution in [0.25, 0.3) is 0 Å². The van der Waals surface area contributed by atoms with Gasteiger partial charge in [0.2, 0.25) is 0 Å². The molecule has 8 nitrogen and oxygen atoms in total. The van der Waals surface area contributed by atoms with E-state index in [1.807, 2.05) is 13.2 Å². The number of methoxy groups -OCH3 is 1. The molecule has 0 saturated carbocycles. The van der Waals surface area contributed by atoms with Crippen LogP contribution in [0.3, 0.4) is 0 Å². The van der Waals surface area contributed by atoms with E-state index in [1.54, 1.807) is 19.0 Å². The van der Waals surface area contributed by atoms with Crippen molar-refractivity contribution in [2.75, 3.05) is 46.3 Å². The lowest BCUT2D eigenvalue weighted by atomic mass is 10.0. The molecule has 1 rings (SSSR count). The van der Waals surface area contributed by atoms with Crippen molar-refractivity contribution in [2.45, 2.75) is 116 Å². The average molecular weight is 559 g/mol. The van der Waals surface area contributed by atoms with E-state index in [9.17, 15) is 15.0 Å². The summed E-state index contributed by atoms with van der Waals surface area (Å²) in [5.74, 6) is 0.124. The molecule has 38 heavy (non-hydrogen) atoms. The number of nitrogens with zero attached hydrogens (tertiary/aromatic N) is 2. The zero-order valence-electron chi connectivity index (χ0n) is 25.4. The first-order chi connectivity index (χ1) is 18.0. The Hall–Kier alpha value is -1.05. The van der Waals surface area contributed by atoms with Crippen LogP contribution in [-0.4, -0.2) is 96.6 Å². The lowest BCUT2D eigenvalue weighted by Gasteiger charge is -2.31. The van der Waals surface area contributed by atoms with Gasteiger partial charge in [0, 0.05) is 26.3 Å². The first-order valence-corrected chi connectivity index (χ1v) is 17.2. The Morgan fingerprint density at radius 2 is 1.63 bits per heavy atom. The normalized spacial score (nSPS) is 16.3. The van der Waals surface area contributed by atoms with E-state index in [0.717, 1.165) is 11.9 Å². The zero-order chi connectivity index (χ0) is 28.7. The van der Waals surface area contributed by atoms with E-state index in [4.69, 9.17) is 14.1 Å². The van der Waals surface area contributed by atoms with Crippen LogP contribution in [0, 0.1) is 0 Å². The molecule has 0 unspecified atom stereocenters. The average Bonchev–Trinajstić information content (AvgIpc) is 3.35. The number of oxazole rings is 1. The number of unbranched alkanes of at least 4 members (excludes halogenated alkanes) is 3. The van der Waals surface area contributed by atoms with Gasteiger partial charge in [-0.15, -0.1) is 0 Å². The molecule has 0 saturated heterocycles. The molecule has 1 aromatic heterocycles. The van der Waals surface area contributed by atoms with Gasteiger partial charge in [-0.05, 0) is 46.7 Å². The second kappa shape index (κ2) is 18.3. The predicted octanol–water partition coefficient (Wildman–Crippen LogP) is 4.89. The van der Waals surface area contributed by atoms with Crippen LogP contribution in [0.15, 0.2) is 10.7 Å². The number of carbonyl (C=O) groups is 1. The fourth-order valence-corrected chi connectivity index (χ4v) is 10.1. The maximum atomic E-state index is 12.6. The summed E-state index contributed by atoms with van der Waals surface area (Å²) in [5, 5.41) is 23.8. The number of hydrogen-bond acceptors (Lipinski definition) is 7. The van der Waals surface area contributed by atoms with Gasteiger partial charge < -0.3 is 29.6 Å². The third-order valence-electron chi connectivity index (χ3n) is 7.53. The fraction of sp³-hybridized carbons (Fsp3) is 0.862. The van der Waals surface area contributed by atoms with Crippen LogP contribution in [0.2, 0.25) is 0 Å². The molecule has 0 aliphatic rings. The Morgan fingerprint density at radius 1 is 1.08 bits per heavy atom. The van der Waals surface area contributed by atoms with Crippen LogP contribution in [-0.2, 0) is 15.7 Å². The van der Waals surface area contributed by atoms with E-state index in [-0.39, 0.29) is 18.6 Å². The summed E-state index contributed by atoms with van der Waals surface area (Å²) in [5.41, 5.74) is 1.08. The van der Waals surface area contributed by atoms with Crippen LogP contribution in [0.1, 0.15) is 97.1 Å². The van der Waals surface area contributed by atoms with Crippen molar-refractivity contribution >= 4 is 13.2 Å². The molecule has 0 aliphatic carbocycles. The van der Waals surface area contributed by atoms with Gasteiger partial charge in [0.15, 0.2) is 12.0 Å². The number of hydrogen-bond donors (Lipinski definition) is 3. The Labute approximate surface area is 232 Å². The van der Waals surface area contributed by atoms with E-state index < -0.39 is 31.4 Å². The summed E-state index contributed by atoms with van der Waals surface area (Å²) in [6, 6.07) is -0.720. The number of ether oxygens (including phenoxy) is 1. The Bertz CT molecular complexity index is 753. The van der Waals surface area contributed by atoms with Crippen molar-refractivity contribution < 1.29 is 24.2 Å². The van der Waals surface area contributed by atoms with Gasteiger partial charge in [0.05, 0.1) is 31.1 Å². The lowest BCUT2D eigenvalue weighted by molar-refractivity contribution is -0.139. The van der Waals surface area contributed by atoms with Gasteiger partial charge in [-0.1, -0.05) is 47.0 Å². The van der Waals surface area contributed by atoms with E-state index >= 15 is 0 Å². The largest absolute Gasteiger partial charge is 0.448 e. The van der Waals surface area contributed by atoms with Crippen molar-refractivity contribution in [1.82, 2.24) is 15.2 Å². The number of nitrogens with one attached hydrogen (secondary N) is 1. The molecule has 1 heterocycles. The van der Waals surface area contributed by atoms with Gasteiger partial charge >= 0.3 is 0 Å². The first-order valence-electron chi connectivity index (χ1n) is 14.6. The molecule has 5 atom stereocenters. The van der Waals surface area contributed by atoms with Crippen molar-refractivity contribution in [2.24, 2.45) is 0 Å². The van der Waals surface area contributed by atoms with Crippen LogP contribution < -0.4 is 5.32 Å². The van der Waals surface area contributed by atoms with Crippen LogP contribution >= 0.6 is 7.26 Å². The number of aliphatic hydroxyl groups excluding tert-OH is 2. The SMILES string of the molecule is CCCC[P+](CCCC)(CCCC)Cc1coc([C@@H](C)C[C@@H](C)NC(=O)[C@@H](O)[C@@H](O)[C@H](COC)N(C)C)n1. The molecular weight excluding hydrogens is 501 g/mol. The molecule has 0 bridgehead atoms. The second-order valence-corrected chi connectivity index (χ2v) is 15.7. The number of amides is 1. The van der Waals surface area contributed by atoms with Crippen LogP contribution in [0.5, 0.6) is 0 Å². The Kier molecular flexibility index (Phi) is 16.9. The number of likely N-dealkylation sites (N-methyl/N-ethyl adjacent to an activating group) is 1. The first kappa shape index (κ1) is 35.0. The van der Waals surface area contributed by atoms with E-state index in [2.05, 4.69) is 33.0 Å². The van der Waals surface area contributed by atoms with Crippen molar-refractivity contribution in [3.05, 3.63) is 17.8 Å². The Balaban J connectivity index is 2.82. The number of carbonyl (C=O) groups excluding carboxylic acids is 1. The fourth-order valence-electron chi connectivity index (χ4n) is 5.13. The van der Waals surface area contributed by atoms with Crippen LogP contribution in [0.4, 0.5) is 0 Å². The highest BCUT2D eigenvalue weighted by Crippen LogP contribution is 2.63. The molecule has 0 spiro atoms. The van der Waals surface area contributed by atoms with Crippen molar-refractivity contribution in [3.8, 4) is 0 Å². The number of rotatable bonds is 21. The highest BCUT2D eigenvalue weighted by molar-refractivity contribution is 7.75.